The summed E-state index contributed by atoms with van der Waals surface area (Å²) < 4.78 is 0. The van der Waals surface area contributed by atoms with Crippen LogP contribution in [0.25, 0.3) is 0 Å². The third-order valence-corrected chi connectivity index (χ3v) is 4.18. The van der Waals surface area contributed by atoms with E-state index in [9.17, 15) is 4.79 Å². The number of carboxylic acid groups (broad SMARTS) is 1. The van der Waals surface area contributed by atoms with Crippen molar-refractivity contribution >= 4 is 5.97 Å². The molecule has 3 aliphatic carbocycles. The molecule has 0 aromatic rings. The largest absolute Gasteiger partial charge is 0.481 e. The fourth-order valence-corrected chi connectivity index (χ4v) is 2.98. The lowest BCUT2D eigenvalue weighted by Gasteiger charge is -2.51. The minimum atomic E-state index is -0.573. The summed E-state index contributed by atoms with van der Waals surface area (Å²) in [6.07, 6.45) is 2.95. The Morgan fingerprint density at radius 3 is 2.36 bits per heavy atom. The molecule has 3 aliphatic rings. The molecule has 2 heteroatoms. The van der Waals surface area contributed by atoms with E-state index in [0.717, 1.165) is 19.3 Å². The summed E-state index contributed by atoms with van der Waals surface area (Å²) in [5.74, 6) is 0.106. The van der Waals surface area contributed by atoms with Gasteiger partial charge in [-0.25, -0.2) is 0 Å². The van der Waals surface area contributed by atoms with Crippen LogP contribution in [0.4, 0.5) is 0 Å². The maximum Gasteiger partial charge on any atom is 0.310 e. The van der Waals surface area contributed by atoms with Gasteiger partial charge in [-0.1, -0.05) is 13.8 Å². The van der Waals surface area contributed by atoms with Gasteiger partial charge in [0.25, 0.3) is 0 Å². The van der Waals surface area contributed by atoms with Crippen LogP contribution in [0.1, 0.15) is 33.1 Å². The quantitative estimate of drug-likeness (QED) is 0.626. The Bertz CT molecular complexity index is 216. The van der Waals surface area contributed by atoms with Gasteiger partial charge >= 0.3 is 5.97 Å². The van der Waals surface area contributed by atoms with Gasteiger partial charge in [0.2, 0.25) is 0 Å². The molecule has 62 valence electrons. The molecule has 11 heavy (non-hydrogen) atoms. The highest BCUT2D eigenvalue weighted by Crippen LogP contribution is 2.70. The molecule has 0 radical (unpaired) electrons. The summed E-state index contributed by atoms with van der Waals surface area (Å²) in [6, 6.07) is 0. The van der Waals surface area contributed by atoms with E-state index in [2.05, 4.69) is 13.8 Å². The van der Waals surface area contributed by atoms with Crippen molar-refractivity contribution in [3.05, 3.63) is 0 Å². The lowest BCUT2D eigenvalue weighted by atomic mass is 9.51. The zero-order valence-electron chi connectivity index (χ0n) is 7.05. The predicted molar refractivity (Wildman–Crippen MR) is 41.2 cm³/mol. The number of hydrogen-bond donors (Lipinski definition) is 1. The normalized spacial score (nSPS) is 45.1. The van der Waals surface area contributed by atoms with Crippen LogP contribution in [0.15, 0.2) is 0 Å². The van der Waals surface area contributed by atoms with Gasteiger partial charge in [0, 0.05) is 0 Å². The third kappa shape index (κ3) is 0.534. The molecule has 0 aliphatic heterocycles. The van der Waals surface area contributed by atoms with Crippen LogP contribution < -0.4 is 0 Å². The third-order valence-electron chi connectivity index (χ3n) is 4.18. The molecule has 0 saturated heterocycles. The smallest absolute Gasteiger partial charge is 0.310 e. The lowest BCUT2D eigenvalue weighted by molar-refractivity contribution is -0.170. The van der Waals surface area contributed by atoms with Gasteiger partial charge in [-0.05, 0) is 30.6 Å². The zero-order chi connectivity index (χ0) is 8.28. The summed E-state index contributed by atoms with van der Waals surface area (Å²) in [4.78, 5) is 11.0. The average Bonchev–Trinajstić information content (AvgIpc) is 2.40. The number of hydrogen-bond acceptors (Lipinski definition) is 1. The highest BCUT2D eigenvalue weighted by molar-refractivity contribution is 5.78. The van der Waals surface area contributed by atoms with Crippen molar-refractivity contribution in [1.29, 1.82) is 0 Å². The molecule has 2 bridgehead atoms. The lowest BCUT2D eigenvalue weighted by Crippen LogP contribution is -2.52. The highest BCUT2D eigenvalue weighted by atomic mass is 16.4. The second-order valence-electron chi connectivity index (χ2n) is 4.55. The average molecular weight is 154 g/mol. The van der Waals surface area contributed by atoms with Gasteiger partial charge in [-0.2, -0.15) is 0 Å². The highest BCUT2D eigenvalue weighted by Gasteiger charge is 2.68. The minimum absolute atomic E-state index is 0.0683. The summed E-state index contributed by atoms with van der Waals surface area (Å²) >= 11 is 0. The monoisotopic (exact) mass is 154 g/mol. The molecule has 1 unspecified atom stereocenters. The number of carboxylic acids is 1. The van der Waals surface area contributed by atoms with Crippen LogP contribution in [0.5, 0.6) is 0 Å². The molecule has 3 saturated carbocycles. The van der Waals surface area contributed by atoms with Crippen molar-refractivity contribution < 1.29 is 9.90 Å². The first-order chi connectivity index (χ1) is 5.01. The maximum atomic E-state index is 11.0. The molecular formula is C9H14O2. The van der Waals surface area contributed by atoms with Gasteiger partial charge in [0.05, 0.1) is 5.41 Å². The molecule has 2 atom stereocenters. The van der Waals surface area contributed by atoms with Crippen LogP contribution in [0, 0.1) is 16.7 Å². The Kier molecular flexibility index (Phi) is 1.05. The molecule has 3 rings (SSSR count). The Balaban J connectivity index is 2.36. The van der Waals surface area contributed by atoms with Gasteiger partial charge in [0.1, 0.15) is 0 Å². The standard InChI is InChI=1S/C9H14O2/c1-8(2)6-3-4-9(8,5-6)7(10)11/h6H,3-5H2,1-2H3,(H,10,11)/t6?,9-/m1/s1. The van der Waals surface area contributed by atoms with Gasteiger partial charge in [0.15, 0.2) is 0 Å². The molecule has 0 aromatic heterocycles. The number of fused-ring (bicyclic) bond motifs is 1. The molecule has 0 amide bonds. The van der Waals surface area contributed by atoms with Crippen molar-refractivity contribution in [3.8, 4) is 0 Å². The first-order valence-electron chi connectivity index (χ1n) is 4.24. The van der Waals surface area contributed by atoms with Crippen LogP contribution in [-0.2, 0) is 4.79 Å². The molecule has 3 fully saturated rings. The molecule has 0 aromatic carbocycles. The second kappa shape index (κ2) is 1.62. The molecular weight excluding hydrogens is 140 g/mol. The first kappa shape index (κ1) is 7.14. The van der Waals surface area contributed by atoms with E-state index in [1.54, 1.807) is 0 Å². The van der Waals surface area contributed by atoms with Crippen LogP contribution in [0.2, 0.25) is 0 Å². The van der Waals surface area contributed by atoms with Crippen molar-refractivity contribution in [3.63, 3.8) is 0 Å². The molecule has 1 N–H and O–H groups in total. The Morgan fingerprint density at radius 2 is 2.18 bits per heavy atom. The van der Waals surface area contributed by atoms with E-state index in [1.165, 1.54) is 0 Å². The fraction of sp³-hybridized carbons (Fsp3) is 0.889. The van der Waals surface area contributed by atoms with Crippen molar-refractivity contribution in [2.75, 3.05) is 0 Å². The van der Waals surface area contributed by atoms with E-state index >= 15 is 0 Å². The maximum absolute atomic E-state index is 11.0. The van der Waals surface area contributed by atoms with Crippen molar-refractivity contribution in [2.24, 2.45) is 16.7 Å². The van der Waals surface area contributed by atoms with Crippen LogP contribution in [-0.4, -0.2) is 11.1 Å². The minimum Gasteiger partial charge on any atom is -0.481 e. The van der Waals surface area contributed by atoms with E-state index in [1.807, 2.05) is 0 Å². The van der Waals surface area contributed by atoms with Gasteiger partial charge in [-0.3, -0.25) is 4.79 Å². The van der Waals surface area contributed by atoms with Crippen molar-refractivity contribution in [1.82, 2.24) is 0 Å². The van der Waals surface area contributed by atoms with Crippen LogP contribution in [0.3, 0.4) is 0 Å². The Labute approximate surface area is 66.6 Å². The van der Waals surface area contributed by atoms with Crippen LogP contribution >= 0.6 is 0 Å². The molecule has 2 nitrogen and oxygen atoms in total. The molecule has 0 spiro atoms. The summed E-state index contributed by atoms with van der Waals surface area (Å²) in [5.41, 5.74) is -0.281. The summed E-state index contributed by atoms with van der Waals surface area (Å²) in [6.45, 7) is 4.20. The van der Waals surface area contributed by atoms with Crippen molar-refractivity contribution in [2.45, 2.75) is 33.1 Å². The topological polar surface area (TPSA) is 37.3 Å². The summed E-state index contributed by atoms with van der Waals surface area (Å²) in [7, 11) is 0. The molecule has 0 heterocycles. The number of aliphatic carboxylic acids is 1. The SMILES string of the molecule is CC1(C)C2CC[C@]1(C(=O)O)C2. The Morgan fingerprint density at radius 1 is 1.55 bits per heavy atom. The van der Waals surface area contributed by atoms with E-state index in [-0.39, 0.29) is 10.8 Å². The van der Waals surface area contributed by atoms with Gasteiger partial charge in [-0.15, -0.1) is 0 Å². The van der Waals surface area contributed by atoms with E-state index < -0.39 is 5.97 Å². The summed E-state index contributed by atoms with van der Waals surface area (Å²) in [5, 5.41) is 9.05. The Hall–Kier alpha value is -0.530. The second-order valence-corrected chi connectivity index (χ2v) is 4.55. The van der Waals surface area contributed by atoms with E-state index in [4.69, 9.17) is 5.11 Å². The number of rotatable bonds is 1. The van der Waals surface area contributed by atoms with E-state index in [0.29, 0.717) is 5.92 Å². The van der Waals surface area contributed by atoms with Gasteiger partial charge < -0.3 is 5.11 Å². The predicted octanol–water partition coefficient (Wildman–Crippen LogP) is 1.90. The fourth-order valence-electron chi connectivity index (χ4n) is 2.98. The zero-order valence-corrected chi connectivity index (χ0v) is 7.05. The first-order valence-corrected chi connectivity index (χ1v) is 4.24. The number of carbonyl (C=O) groups is 1.